The molecule has 0 N–H and O–H groups in total. The summed E-state index contributed by atoms with van der Waals surface area (Å²) in [5.41, 5.74) is 8.52. The van der Waals surface area contributed by atoms with Crippen molar-refractivity contribution in [2.45, 2.75) is 84.5 Å². The Bertz CT molecular complexity index is 945. The van der Waals surface area contributed by atoms with Gasteiger partial charge < -0.3 is 9.80 Å². The minimum absolute atomic E-state index is 0.0104. The Morgan fingerprint density at radius 2 is 1.13 bits per heavy atom. The fraction of sp³-hybridized carbons (Fsp3) is 0.481. The van der Waals surface area contributed by atoms with E-state index in [9.17, 15) is 0 Å². The summed E-state index contributed by atoms with van der Waals surface area (Å²) in [6.45, 7) is 18.6. The molecule has 2 aromatic rings. The maximum absolute atomic E-state index is 2.53. The molecule has 0 bridgehead atoms. The molecule has 2 aliphatic rings. The standard InChI is InChI=1S/C27H36BN2/c1-17(2)20-11-9-12-21(18(3)4)24(20)29-15-16-30-25-22(19(5)6)13-10-14-23(25)27(7,8)28-26(29)30/h9-19,26H,1-8H3. The van der Waals surface area contributed by atoms with Gasteiger partial charge in [-0.25, -0.2) is 0 Å². The highest BCUT2D eigenvalue weighted by Gasteiger charge is 2.44. The summed E-state index contributed by atoms with van der Waals surface area (Å²) in [6, 6.07) is 13.9. The minimum Gasteiger partial charge on any atom is -0.333 e. The molecule has 1 atom stereocenters. The topological polar surface area (TPSA) is 6.48 Å². The van der Waals surface area contributed by atoms with E-state index in [1.807, 2.05) is 0 Å². The van der Waals surface area contributed by atoms with Crippen LogP contribution in [0.25, 0.3) is 0 Å². The molecule has 2 heterocycles. The molecule has 0 saturated heterocycles. The number of anilines is 2. The van der Waals surface area contributed by atoms with Crippen molar-refractivity contribution < 1.29 is 0 Å². The van der Waals surface area contributed by atoms with Gasteiger partial charge in [0.25, 0.3) is 0 Å². The maximum Gasteiger partial charge on any atom is 0.182 e. The SMILES string of the molecule is CC(C)c1cccc(C(C)C)c1N1C=CN2c3c(C(C)C)cccc3C(C)(C)[B]C12. The van der Waals surface area contributed by atoms with E-state index in [-0.39, 0.29) is 11.4 Å². The third-order valence-corrected chi connectivity index (χ3v) is 6.77. The lowest BCUT2D eigenvalue weighted by Crippen LogP contribution is -2.54. The zero-order valence-electron chi connectivity index (χ0n) is 19.9. The van der Waals surface area contributed by atoms with Crippen molar-refractivity contribution in [2.24, 2.45) is 0 Å². The number of fused-ring (bicyclic) bond motifs is 3. The van der Waals surface area contributed by atoms with Gasteiger partial charge in [-0.3, -0.25) is 0 Å². The van der Waals surface area contributed by atoms with Gasteiger partial charge in [-0.1, -0.05) is 91.8 Å². The Hall–Kier alpha value is -2.16. The van der Waals surface area contributed by atoms with E-state index in [1.165, 1.54) is 33.6 Å². The van der Waals surface area contributed by atoms with Crippen LogP contribution >= 0.6 is 0 Å². The van der Waals surface area contributed by atoms with Gasteiger partial charge in [-0.15, -0.1) is 0 Å². The molecule has 30 heavy (non-hydrogen) atoms. The highest BCUT2D eigenvalue weighted by Crippen LogP contribution is 2.47. The van der Waals surface area contributed by atoms with Crippen LogP contribution < -0.4 is 9.80 Å². The number of para-hydroxylation sites is 2. The van der Waals surface area contributed by atoms with E-state index in [0.29, 0.717) is 17.8 Å². The van der Waals surface area contributed by atoms with Gasteiger partial charge in [-0.05, 0) is 45.3 Å². The number of rotatable bonds is 4. The van der Waals surface area contributed by atoms with Crippen LogP contribution in [-0.4, -0.2) is 13.3 Å². The van der Waals surface area contributed by atoms with E-state index < -0.39 is 0 Å². The minimum atomic E-state index is 0.0104. The predicted molar refractivity (Wildman–Crippen MR) is 132 cm³/mol. The number of benzene rings is 2. The molecule has 0 fully saturated rings. The van der Waals surface area contributed by atoms with E-state index >= 15 is 0 Å². The van der Waals surface area contributed by atoms with Crippen LogP contribution in [-0.2, 0) is 5.31 Å². The Morgan fingerprint density at radius 3 is 1.63 bits per heavy atom. The molecular weight excluding hydrogens is 363 g/mol. The van der Waals surface area contributed by atoms with E-state index in [0.717, 1.165) is 0 Å². The average Bonchev–Trinajstić information content (AvgIpc) is 3.09. The summed E-state index contributed by atoms with van der Waals surface area (Å²) in [6.07, 6.45) is 4.60. The molecule has 2 nitrogen and oxygen atoms in total. The second-order valence-electron chi connectivity index (χ2n) is 10.4. The first kappa shape index (κ1) is 21.1. The maximum atomic E-state index is 2.53. The molecule has 1 radical (unpaired) electrons. The van der Waals surface area contributed by atoms with Crippen molar-refractivity contribution in [3.05, 3.63) is 71.1 Å². The number of hydrogen-bond acceptors (Lipinski definition) is 2. The van der Waals surface area contributed by atoms with Crippen molar-refractivity contribution in [2.75, 3.05) is 9.80 Å². The predicted octanol–water partition coefficient (Wildman–Crippen LogP) is 7.09. The number of nitrogens with zero attached hydrogens (tertiary/aromatic N) is 2. The monoisotopic (exact) mass is 399 g/mol. The van der Waals surface area contributed by atoms with Crippen LogP contribution in [0.1, 0.15) is 95.4 Å². The highest BCUT2D eigenvalue weighted by atomic mass is 15.4. The Morgan fingerprint density at radius 1 is 0.700 bits per heavy atom. The molecule has 0 amide bonds. The van der Waals surface area contributed by atoms with Crippen LogP contribution in [0.2, 0.25) is 0 Å². The Balaban J connectivity index is 1.89. The molecule has 3 heteroatoms. The lowest BCUT2D eigenvalue weighted by atomic mass is 9.46. The van der Waals surface area contributed by atoms with Crippen molar-refractivity contribution in [1.29, 1.82) is 0 Å². The lowest BCUT2D eigenvalue weighted by Gasteiger charge is -2.46. The fourth-order valence-corrected chi connectivity index (χ4v) is 5.14. The van der Waals surface area contributed by atoms with E-state index in [1.54, 1.807) is 0 Å². The van der Waals surface area contributed by atoms with Crippen molar-refractivity contribution in [3.8, 4) is 0 Å². The normalized spacial score (nSPS) is 19.5. The van der Waals surface area contributed by atoms with Crippen LogP contribution in [0.4, 0.5) is 11.4 Å². The van der Waals surface area contributed by atoms with Crippen LogP contribution in [0.3, 0.4) is 0 Å². The van der Waals surface area contributed by atoms with Crippen molar-refractivity contribution in [1.82, 2.24) is 0 Å². The second kappa shape index (κ2) is 7.52. The van der Waals surface area contributed by atoms with E-state index in [2.05, 4.69) is 121 Å². The van der Waals surface area contributed by atoms with Gasteiger partial charge in [0.15, 0.2) is 7.28 Å². The number of hydrogen-bond donors (Lipinski definition) is 0. The molecular formula is C27H36BN2. The van der Waals surface area contributed by atoms with Gasteiger partial charge in [0.2, 0.25) is 0 Å². The zero-order chi connectivity index (χ0) is 21.8. The molecule has 2 aliphatic heterocycles. The summed E-state index contributed by atoms with van der Waals surface area (Å²) < 4.78 is 0. The Labute approximate surface area is 184 Å². The third-order valence-electron chi connectivity index (χ3n) is 6.77. The smallest absolute Gasteiger partial charge is 0.182 e. The highest BCUT2D eigenvalue weighted by molar-refractivity contribution is 6.45. The molecule has 0 saturated carbocycles. The van der Waals surface area contributed by atoms with Gasteiger partial charge >= 0.3 is 0 Å². The summed E-state index contributed by atoms with van der Waals surface area (Å²) >= 11 is 0. The first-order chi connectivity index (χ1) is 14.1. The van der Waals surface area contributed by atoms with Crippen LogP contribution in [0, 0.1) is 0 Å². The first-order valence-electron chi connectivity index (χ1n) is 11.5. The van der Waals surface area contributed by atoms with Gasteiger partial charge in [-0.2, -0.15) is 0 Å². The fourth-order valence-electron chi connectivity index (χ4n) is 5.14. The lowest BCUT2D eigenvalue weighted by molar-refractivity contribution is 0.678. The molecule has 2 aromatic carbocycles. The van der Waals surface area contributed by atoms with E-state index in [4.69, 9.17) is 0 Å². The quantitative estimate of drug-likeness (QED) is 0.506. The first-order valence-corrected chi connectivity index (χ1v) is 11.5. The molecule has 157 valence electrons. The molecule has 1 unspecified atom stereocenters. The third kappa shape index (κ3) is 3.27. The zero-order valence-corrected chi connectivity index (χ0v) is 19.9. The van der Waals surface area contributed by atoms with Gasteiger partial charge in [0, 0.05) is 23.8 Å². The van der Waals surface area contributed by atoms with Crippen molar-refractivity contribution in [3.63, 3.8) is 0 Å². The summed E-state index contributed by atoms with van der Waals surface area (Å²) in [7, 11) is 2.53. The second-order valence-corrected chi connectivity index (χ2v) is 10.4. The molecule has 4 rings (SSSR count). The van der Waals surface area contributed by atoms with Crippen molar-refractivity contribution >= 4 is 18.7 Å². The molecule has 0 spiro atoms. The average molecular weight is 399 g/mol. The Kier molecular flexibility index (Phi) is 5.28. The summed E-state index contributed by atoms with van der Waals surface area (Å²) in [4.78, 5) is 5.02. The summed E-state index contributed by atoms with van der Waals surface area (Å²) in [5, 5.41) is 0.0104. The largest absolute Gasteiger partial charge is 0.333 e. The summed E-state index contributed by atoms with van der Waals surface area (Å²) in [5.74, 6) is 1.46. The molecule has 0 aliphatic carbocycles. The van der Waals surface area contributed by atoms with Crippen LogP contribution in [0.15, 0.2) is 48.8 Å². The van der Waals surface area contributed by atoms with Gasteiger partial charge in [0.1, 0.15) is 0 Å². The van der Waals surface area contributed by atoms with Gasteiger partial charge in [0.05, 0.1) is 6.07 Å². The molecule has 0 aromatic heterocycles. The van der Waals surface area contributed by atoms with Crippen LogP contribution in [0.5, 0.6) is 0 Å².